The Balaban J connectivity index is 1.70. The van der Waals surface area contributed by atoms with E-state index in [-0.39, 0.29) is 0 Å². The maximum atomic E-state index is 3.99. The van der Waals surface area contributed by atoms with Crippen LogP contribution < -0.4 is 5.32 Å². The number of aromatic nitrogens is 2. The minimum absolute atomic E-state index is 0.897. The number of H-pyrrole nitrogens is 1. The number of rotatable bonds is 5. The fraction of sp³-hybridized carbons (Fsp3) is 0.364. The van der Waals surface area contributed by atoms with Gasteiger partial charge in [-0.05, 0) is 24.8 Å². The second kappa shape index (κ2) is 5.09. The molecule has 0 amide bonds. The lowest BCUT2D eigenvalue weighted by molar-refractivity contribution is 0.688. The zero-order chi connectivity index (χ0) is 10.5. The van der Waals surface area contributed by atoms with Gasteiger partial charge < -0.3 is 5.32 Å². The second-order valence-electron chi connectivity index (χ2n) is 3.53. The van der Waals surface area contributed by atoms with Gasteiger partial charge >= 0.3 is 0 Å². The molecule has 0 unspecified atom stereocenters. The van der Waals surface area contributed by atoms with Crippen molar-refractivity contribution in [2.75, 3.05) is 6.54 Å². The van der Waals surface area contributed by atoms with Crippen molar-refractivity contribution in [1.29, 1.82) is 0 Å². The second-order valence-corrected chi connectivity index (χ2v) is 4.56. The molecule has 2 rings (SSSR count). The van der Waals surface area contributed by atoms with Gasteiger partial charge in [-0.1, -0.05) is 6.07 Å². The van der Waals surface area contributed by atoms with Gasteiger partial charge in [0.25, 0.3) is 0 Å². The normalized spacial score (nSPS) is 10.7. The predicted molar refractivity (Wildman–Crippen MR) is 63.1 cm³/mol. The third-order valence-electron chi connectivity index (χ3n) is 2.38. The summed E-state index contributed by atoms with van der Waals surface area (Å²) in [7, 11) is 0. The molecule has 0 aromatic carbocycles. The molecule has 15 heavy (non-hydrogen) atoms. The average Bonchev–Trinajstić information content (AvgIpc) is 2.85. The maximum Gasteiger partial charge on any atom is 0.0535 e. The summed E-state index contributed by atoms with van der Waals surface area (Å²) in [6.07, 6.45) is 2.99. The van der Waals surface area contributed by atoms with E-state index in [2.05, 4.69) is 33.0 Å². The van der Waals surface area contributed by atoms with Crippen LogP contribution in [0.5, 0.6) is 0 Å². The summed E-state index contributed by atoms with van der Waals surface area (Å²) in [4.78, 5) is 1.44. The molecule has 0 radical (unpaired) electrons. The van der Waals surface area contributed by atoms with Gasteiger partial charge in [0, 0.05) is 29.2 Å². The molecule has 2 N–H and O–H groups in total. The molecule has 0 atom stereocenters. The monoisotopic (exact) mass is 221 g/mol. The molecular weight excluding hydrogens is 206 g/mol. The van der Waals surface area contributed by atoms with Crippen LogP contribution in [0.3, 0.4) is 0 Å². The molecule has 0 fully saturated rings. The number of nitrogens with zero attached hydrogens (tertiary/aromatic N) is 1. The Morgan fingerprint density at radius 3 is 3.13 bits per heavy atom. The van der Waals surface area contributed by atoms with Crippen LogP contribution in [0.2, 0.25) is 0 Å². The van der Waals surface area contributed by atoms with Crippen LogP contribution in [-0.2, 0) is 13.0 Å². The van der Waals surface area contributed by atoms with E-state index < -0.39 is 0 Å². The van der Waals surface area contributed by atoms with Crippen molar-refractivity contribution in [1.82, 2.24) is 15.5 Å². The zero-order valence-corrected chi connectivity index (χ0v) is 9.60. The van der Waals surface area contributed by atoms with E-state index in [1.165, 1.54) is 10.4 Å². The van der Waals surface area contributed by atoms with E-state index >= 15 is 0 Å². The van der Waals surface area contributed by atoms with Gasteiger partial charge in [-0.3, -0.25) is 5.10 Å². The van der Waals surface area contributed by atoms with Gasteiger partial charge in [-0.25, -0.2) is 0 Å². The minimum Gasteiger partial charge on any atom is -0.312 e. The summed E-state index contributed by atoms with van der Waals surface area (Å²) in [6.45, 7) is 3.96. The summed E-state index contributed by atoms with van der Waals surface area (Å²) in [6, 6.07) is 4.27. The van der Waals surface area contributed by atoms with Crippen LogP contribution in [0.25, 0.3) is 0 Å². The number of hydrogen-bond donors (Lipinski definition) is 2. The Morgan fingerprint density at radius 1 is 1.53 bits per heavy atom. The van der Waals surface area contributed by atoms with Gasteiger partial charge in [-0.2, -0.15) is 5.10 Å². The first-order valence-electron chi connectivity index (χ1n) is 5.08. The highest BCUT2D eigenvalue weighted by Gasteiger charge is 1.99. The maximum absolute atomic E-state index is 3.99. The Bertz CT molecular complexity index is 392. The standard InChI is InChI=1S/C11H15N3S/c1-9-10(8-13-14-9)7-12-5-4-11-3-2-6-15-11/h2-3,6,8,12H,4-5,7H2,1H3,(H,13,14). The molecular formula is C11H15N3S. The topological polar surface area (TPSA) is 40.7 Å². The number of hydrogen-bond acceptors (Lipinski definition) is 3. The van der Waals surface area contributed by atoms with Crippen LogP contribution in [0.15, 0.2) is 23.7 Å². The highest BCUT2D eigenvalue weighted by atomic mass is 32.1. The van der Waals surface area contributed by atoms with Crippen LogP contribution in [0.1, 0.15) is 16.1 Å². The van der Waals surface area contributed by atoms with E-state index in [0.717, 1.165) is 25.2 Å². The first kappa shape index (κ1) is 10.4. The molecule has 80 valence electrons. The summed E-state index contributed by atoms with van der Waals surface area (Å²) in [5.41, 5.74) is 2.40. The lowest BCUT2D eigenvalue weighted by atomic mass is 10.2. The third kappa shape index (κ3) is 2.91. The number of nitrogens with one attached hydrogen (secondary N) is 2. The molecule has 2 heterocycles. The molecule has 0 aliphatic rings. The quantitative estimate of drug-likeness (QED) is 0.759. The van der Waals surface area contributed by atoms with Crippen molar-refractivity contribution in [2.45, 2.75) is 19.9 Å². The summed E-state index contributed by atoms with van der Waals surface area (Å²) >= 11 is 1.82. The highest BCUT2D eigenvalue weighted by molar-refractivity contribution is 7.09. The molecule has 3 nitrogen and oxygen atoms in total. The minimum atomic E-state index is 0.897. The van der Waals surface area contributed by atoms with Crippen LogP contribution in [0.4, 0.5) is 0 Å². The van der Waals surface area contributed by atoms with Crippen molar-refractivity contribution in [3.8, 4) is 0 Å². The Kier molecular flexibility index (Phi) is 3.53. The van der Waals surface area contributed by atoms with Crippen molar-refractivity contribution in [3.05, 3.63) is 39.8 Å². The molecule has 0 aliphatic heterocycles. The Labute approximate surface area is 93.5 Å². The summed E-state index contributed by atoms with van der Waals surface area (Å²) in [5.74, 6) is 0. The van der Waals surface area contributed by atoms with E-state index in [4.69, 9.17) is 0 Å². The van der Waals surface area contributed by atoms with Gasteiger partial charge in [0.15, 0.2) is 0 Å². The molecule has 0 saturated heterocycles. The summed E-state index contributed by atoms with van der Waals surface area (Å²) < 4.78 is 0. The lowest BCUT2D eigenvalue weighted by Gasteiger charge is -2.02. The molecule has 2 aromatic heterocycles. The molecule has 0 aliphatic carbocycles. The fourth-order valence-electron chi connectivity index (χ4n) is 1.44. The van der Waals surface area contributed by atoms with Gasteiger partial charge in [0.05, 0.1) is 6.20 Å². The first-order chi connectivity index (χ1) is 7.36. The SMILES string of the molecule is Cc1[nH]ncc1CNCCc1cccs1. The zero-order valence-electron chi connectivity index (χ0n) is 8.79. The lowest BCUT2D eigenvalue weighted by Crippen LogP contribution is -2.16. The Morgan fingerprint density at radius 2 is 2.47 bits per heavy atom. The first-order valence-corrected chi connectivity index (χ1v) is 5.96. The van der Waals surface area contributed by atoms with Crippen molar-refractivity contribution in [2.24, 2.45) is 0 Å². The number of aryl methyl sites for hydroxylation is 1. The molecule has 0 bridgehead atoms. The van der Waals surface area contributed by atoms with Gasteiger partial charge in [0.1, 0.15) is 0 Å². The van der Waals surface area contributed by atoms with Crippen molar-refractivity contribution in [3.63, 3.8) is 0 Å². The smallest absolute Gasteiger partial charge is 0.0535 e. The largest absolute Gasteiger partial charge is 0.312 e. The van der Waals surface area contributed by atoms with E-state index in [1.54, 1.807) is 0 Å². The molecule has 0 saturated carbocycles. The molecule has 4 heteroatoms. The van der Waals surface area contributed by atoms with Crippen LogP contribution in [-0.4, -0.2) is 16.7 Å². The van der Waals surface area contributed by atoms with Gasteiger partial charge in [-0.15, -0.1) is 11.3 Å². The average molecular weight is 221 g/mol. The van der Waals surface area contributed by atoms with E-state index in [1.807, 2.05) is 24.5 Å². The number of aromatic amines is 1. The van der Waals surface area contributed by atoms with Crippen molar-refractivity contribution < 1.29 is 0 Å². The Hall–Kier alpha value is -1.13. The van der Waals surface area contributed by atoms with Crippen LogP contribution in [0, 0.1) is 6.92 Å². The van der Waals surface area contributed by atoms with Gasteiger partial charge in [0.2, 0.25) is 0 Å². The predicted octanol–water partition coefficient (Wildman–Crippen LogP) is 2.11. The highest BCUT2D eigenvalue weighted by Crippen LogP contribution is 2.08. The van der Waals surface area contributed by atoms with Crippen LogP contribution >= 0.6 is 11.3 Å². The molecule has 0 spiro atoms. The number of thiophene rings is 1. The van der Waals surface area contributed by atoms with Crippen molar-refractivity contribution >= 4 is 11.3 Å². The van der Waals surface area contributed by atoms with E-state index in [9.17, 15) is 0 Å². The molecule has 2 aromatic rings. The van der Waals surface area contributed by atoms with E-state index in [0.29, 0.717) is 0 Å². The third-order valence-corrected chi connectivity index (χ3v) is 3.31. The summed E-state index contributed by atoms with van der Waals surface area (Å²) in [5, 5.41) is 12.5. The fourth-order valence-corrected chi connectivity index (χ4v) is 2.15.